The van der Waals surface area contributed by atoms with Crippen LogP contribution in [0.1, 0.15) is 12.8 Å². The Morgan fingerprint density at radius 1 is 1.50 bits per heavy atom. The van der Waals surface area contributed by atoms with Gasteiger partial charge in [0.2, 0.25) is 0 Å². The van der Waals surface area contributed by atoms with Crippen LogP contribution in [-0.2, 0) is 0 Å². The van der Waals surface area contributed by atoms with Crippen molar-refractivity contribution in [3.63, 3.8) is 0 Å². The zero-order valence-corrected chi connectivity index (χ0v) is 9.92. The zero-order valence-electron chi connectivity index (χ0n) is 8.33. The number of nitrogens with zero attached hydrogens (tertiary/aromatic N) is 1. The molecule has 2 rings (SSSR count). The molecule has 0 amide bonds. The van der Waals surface area contributed by atoms with Gasteiger partial charge in [0.15, 0.2) is 0 Å². The van der Waals surface area contributed by atoms with Crippen LogP contribution in [0.15, 0.2) is 22.7 Å². The first-order chi connectivity index (χ1) is 6.66. The fourth-order valence-electron chi connectivity index (χ4n) is 1.62. The third-order valence-corrected chi connectivity index (χ3v) is 3.25. The Hall–Kier alpha value is -0.700. The lowest BCUT2D eigenvalue weighted by Gasteiger charge is -2.20. The molecule has 1 aromatic rings. The molecular weight excluding hydrogens is 240 g/mol. The zero-order chi connectivity index (χ0) is 10.1. The summed E-state index contributed by atoms with van der Waals surface area (Å²) in [7, 11) is 2.13. The molecule has 0 heterocycles. The van der Waals surface area contributed by atoms with Crippen molar-refractivity contribution in [2.75, 3.05) is 24.2 Å². The summed E-state index contributed by atoms with van der Waals surface area (Å²) in [4.78, 5) is 2.29. The van der Waals surface area contributed by atoms with Crippen molar-refractivity contribution in [2.24, 2.45) is 5.92 Å². The van der Waals surface area contributed by atoms with E-state index in [4.69, 9.17) is 5.73 Å². The molecule has 0 radical (unpaired) electrons. The van der Waals surface area contributed by atoms with Crippen LogP contribution in [-0.4, -0.2) is 13.6 Å². The number of nitrogen functional groups attached to an aromatic ring is 1. The van der Waals surface area contributed by atoms with Crippen LogP contribution < -0.4 is 10.6 Å². The summed E-state index contributed by atoms with van der Waals surface area (Å²) in [6, 6.07) is 5.98. The molecule has 3 heteroatoms. The van der Waals surface area contributed by atoms with Crippen molar-refractivity contribution in [3.8, 4) is 0 Å². The average Bonchev–Trinajstić information content (AvgIpc) is 2.87. The number of rotatable bonds is 3. The summed E-state index contributed by atoms with van der Waals surface area (Å²) in [6.45, 7) is 1.16. The van der Waals surface area contributed by atoms with Crippen molar-refractivity contribution in [1.82, 2.24) is 0 Å². The van der Waals surface area contributed by atoms with E-state index in [0.717, 1.165) is 22.6 Å². The minimum Gasteiger partial charge on any atom is -0.399 e. The van der Waals surface area contributed by atoms with Crippen LogP contribution in [0, 0.1) is 5.92 Å². The molecular formula is C11H15BrN2. The second kappa shape index (κ2) is 3.81. The lowest BCUT2D eigenvalue weighted by Crippen LogP contribution is -2.20. The van der Waals surface area contributed by atoms with Gasteiger partial charge in [0.25, 0.3) is 0 Å². The van der Waals surface area contributed by atoms with E-state index in [0.29, 0.717) is 0 Å². The van der Waals surface area contributed by atoms with Gasteiger partial charge in [0.05, 0.1) is 5.69 Å². The van der Waals surface area contributed by atoms with Crippen molar-refractivity contribution < 1.29 is 0 Å². The number of hydrogen-bond acceptors (Lipinski definition) is 2. The predicted molar refractivity (Wildman–Crippen MR) is 64.5 cm³/mol. The molecule has 1 aliphatic carbocycles. The lowest BCUT2D eigenvalue weighted by molar-refractivity contribution is 0.786. The highest BCUT2D eigenvalue weighted by Gasteiger charge is 2.23. The van der Waals surface area contributed by atoms with Gasteiger partial charge in [0.1, 0.15) is 0 Å². The highest BCUT2D eigenvalue weighted by atomic mass is 79.9. The van der Waals surface area contributed by atoms with Crippen LogP contribution >= 0.6 is 15.9 Å². The minimum absolute atomic E-state index is 0.806. The minimum atomic E-state index is 0.806. The van der Waals surface area contributed by atoms with E-state index in [1.54, 1.807) is 0 Å². The molecule has 76 valence electrons. The van der Waals surface area contributed by atoms with E-state index < -0.39 is 0 Å². The topological polar surface area (TPSA) is 29.3 Å². The highest BCUT2D eigenvalue weighted by molar-refractivity contribution is 9.10. The van der Waals surface area contributed by atoms with Gasteiger partial charge < -0.3 is 10.6 Å². The monoisotopic (exact) mass is 254 g/mol. The maximum atomic E-state index is 5.69. The van der Waals surface area contributed by atoms with Crippen LogP contribution in [0.25, 0.3) is 0 Å². The normalized spacial score (nSPS) is 15.6. The van der Waals surface area contributed by atoms with Gasteiger partial charge in [-0.1, -0.05) is 0 Å². The second-order valence-electron chi connectivity index (χ2n) is 4.03. The standard InChI is InChI=1S/C11H15BrN2/c1-14(7-8-2-3-8)11-5-4-9(13)6-10(11)12/h4-6,8H,2-3,7,13H2,1H3. The van der Waals surface area contributed by atoms with Gasteiger partial charge in [-0.2, -0.15) is 0 Å². The highest BCUT2D eigenvalue weighted by Crippen LogP contribution is 2.33. The van der Waals surface area contributed by atoms with Crippen molar-refractivity contribution >= 4 is 27.3 Å². The Labute approximate surface area is 93.2 Å². The first-order valence-electron chi connectivity index (χ1n) is 4.93. The quantitative estimate of drug-likeness (QED) is 0.841. The van der Waals surface area contributed by atoms with Crippen LogP contribution in [0.3, 0.4) is 0 Å². The summed E-state index contributed by atoms with van der Waals surface area (Å²) in [5.74, 6) is 0.907. The third-order valence-electron chi connectivity index (χ3n) is 2.61. The predicted octanol–water partition coefficient (Wildman–Crippen LogP) is 2.88. The molecule has 0 atom stereocenters. The molecule has 0 aromatic heterocycles. The van der Waals surface area contributed by atoms with E-state index >= 15 is 0 Å². The first-order valence-corrected chi connectivity index (χ1v) is 5.72. The molecule has 0 bridgehead atoms. The van der Waals surface area contributed by atoms with E-state index in [1.165, 1.54) is 18.5 Å². The van der Waals surface area contributed by atoms with Crippen molar-refractivity contribution in [1.29, 1.82) is 0 Å². The van der Waals surface area contributed by atoms with Gasteiger partial charge in [-0.25, -0.2) is 0 Å². The Morgan fingerprint density at radius 2 is 2.21 bits per heavy atom. The fraction of sp³-hybridized carbons (Fsp3) is 0.455. The molecule has 14 heavy (non-hydrogen) atoms. The molecule has 2 nitrogen and oxygen atoms in total. The second-order valence-corrected chi connectivity index (χ2v) is 4.89. The average molecular weight is 255 g/mol. The molecule has 0 spiro atoms. The summed E-state index contributed by atoms with van der Waals surface area (Å²) in [5.41, 5.74) is 7.73. The van der Waals surface area contributed by atoms with E-state index in [9.17, 15) is 0 Å². The first kappa shape index (κ1) is 9.84. The molecule has 0 aliphatic heterocycles. The number of hydrogen-bond donors (Lipinski definition) is 1. The van der Waals surface area contributed by atoms with Gasteiger partial charge in [-0.15, -0.1) is 0 Å². The largest absolute Gasteiger partial charge is 0.399 e. The van der Waals surface area contributed by atoms with Gasteiger partial charge >= 0.3 is 0 Å². The SMILES string of the molecule is CN(CC1CC1)c1ccc(N)cc1Br. The Bertz CT molecular complexity index is 334. The molecule has 0 unspecified atom stereocenters. The van der Waals surface area contributed by atoms with Crippen molar-refractivity contribution in [2.45, 2.75) is 12.8 Å². The summed E-state index contributed by atoms with van der Waals surface area (Å²) >= 11 is 3.54. The lowest BCUT2D eigenvalue weighted by atomic mass is 10.2. The number of halogens is 1. The van der Waals surface area contributed by atoms with E-state index in [-0.39, 0.29) is 0 Å². The third kappa shape index (κ3) is 2.21. The Kier molecular flexibility index (Phi) is 2.68. The Morgan fingerprint density at radius 3 is 2.79 bits per heavy atom. The van der Waals surface area contributed by atoms with E-state index in [2.05, 4.69) is 33.9 Å². The van der Waals surface area contributed by atoms with Gasteiger partial charge in [0, 0.05) is 23.8 Å². The smallest absolute Gasteiger partial charge is 0.0509 e. The maximum absolute atomic E-state index is 5.69. The van der Waals surface area contributed by atoms with Crippen LogP contribution in [0.5, 0.6) is 0 Å². The molecule has 0 saturated heterocycles. The maximum Gasteiger partial charge on any atom is 0.0509 e. The molecule has 1 saturated carbocycles. The van der Waals surface area contributed by atoms with Gasteiger partial charge in [-0.05, 0) is 52.9 Å². The number of nitrogens with two attached hydrogens (primary N) is 1. The number of anilines is 2. The summed E-state index contributed by atoms with van der Waals surface area (Å²) < 4.78 is 1.08. The Balaban J connectivity index is 2.13. The number of benzene rings is 1. The molecule has 2 N–H and O–H groups in total. The van der Waals surface area contributed by atoms with E-state index in [1.807, 2.05) is 12.1 Å². The molecule has 1 aliphatic rings. The summed E-state index contributed by atoms with van der Waals surface area (Å²) in [5, 5.41) is 0. The van der Waals surface area contributed by atoms with Crippen molar-refractivity contribution in [3.05, 3.63) is 22.7 Å². The molecule has 1 fully saturated rings. The molecule has 1 aromatic carbocycles. The van der Waals surface area contributed by atoms with Gasteiger partial charge in [-0.3, -0.25) is 0 Å². The van der Waals surface area contributed by atoms with Crippen LogP contribution in [0.2, 0.25) is 0 Å². The summed E-state index contributed by atoms with van der Waals surface area (Å²) in [6.07, 6.45) is 2.77. The fourth-order valence-corrected chi connectivity index (χ4v) is 2.32. The van der Waals surface area contributed by atoms with Crippen LogP contribution in [0.4, 0.5) is 11.4 Å².